The Bertz CT molecular complexity index is 416. The van der Waals surface area contributed by atoms with Crippen molar-refractivity contribution in [1.29, 1.82) is 0 Å². The molecule has 0 aromatic carbocycles. The average Bonchev–Trinajstić information content (AvgIpc) is 3.09. The van der Waals surface area contributed by atoms with Gasteiger partial charge in [0.1, 0.15) is 0 Å². The van der Waals surface area contributed by atoms with Gasteiger partial charge >= 0.3 is 0 Å². The van der Waals surface area contributed by atoms with Crippen molar-refractivity contribution in [3.8, 4) is 0 Å². The molecule has 7 heteroatoms. The minimum Gasteiger partial charge on any atom is -0.342 e. The molecular weight excluding hydrogens is 334 g/mol. The van der Waals surface area contributed by atoms with E-state index in [9.17, 15) is 9.59 Å². The van der Waals surface area contributed by atoms with Gasteiger partial charge in [-0.3, -0.25) is 14.9 Å². The maximum atomic E-state index is 12.6. The summed E-state index contributed by atoms with van der Waals surface area (Å²) in [5.74, 6) is 3.18. The topological polar surface area (TPSA) is 52.7 Å². The summed E-state index contributed by atoms with van der Waals surface area (Å²) in [6.45, 7) is 5.58. The van der Waals surface area contributed by atoms with Crippen LogP contribution >= 0.6 is 24.2 Å². The zero-order chi connectivity index (χ0) is 15.5. The van der Waals surface area contributed by atoms with Gasteiger partial charge in [0.05, 0.1) is 6.04 Å². The maximum absolute atomic E-state index is 12.6. The van der Waals surface area contributed by atoms with Gasteiger partial charge in [0, 0.05) is 43.7 Å². The molecule has 3 saturated heterocycles. The van der Waals surface area contributed by atoms with E-state index < -0.39 is 0 Å². The number of amides is 2. The Morgan fingerprint density at radius 3 is 2.09 bits per heavy atom. The van der Waals surface area contributed by atoms with Gasteiger partial charge in [0.2, 0.25) is 11.8 Å². The summed E-state index contributed by atoms with van der Waals surface area (Å²) in [5, 5.41) is 3.24. The van der Waals surface area contributed by atoms with Gasteiger partial charge in [0.15, 0.2) is 0 Å². The molecule has 0 saturated carbocycles. The molecule has 5 nitrogen and oxygen atoms in total. The standard InChI is InChI=1S/C16H27N3O2S.ClH/c1-12-2-6-18(7-3-12)15(20)13-4-8-19(9-5-13)16(21)14-10-22-11-17-14;/h12-14,17H,2-11H2,1H3;1H. The van der Waals surface area contributed by atoms with Crippen LogP contribution in [0, 0.1) is 11.8 Å². The van der Waals surface area contributed by atoms with Crippen LogP contribution in [0.5, 0.6) is 0 Å². The third-order valence-corrected chi connectivity index (χ3v) is 6.21. The number of thioether (sulfide) groups is 1. The molecule has 3 aliphatic heterocycles. The van der Waals surface area contributed by atoms with Crippen molar-refractivity contribution in [3.63, 3.8) is 0 Å². The van der Waals surface area contributed by atoms with Crippen LogP contribution in [0.1, 0.15) is 32.6 Å². The number of nitrogens with zero attached hydrogens (tertiary/aromatic N) is 2. The molecule has 0 radical (unpaired) electrons. The molecule has 3 aliphatic rings. The van der Waals surface area contributed by atoms with E-state index in [0.717, 1.165) is 69.4 Å². The summed E-state index contributed by atoms with van der Waals surface area (Å²) in [5.41, 5.74) is 0. The monoisotopic (exact) mass is 361 g/mol. The van der Waals surface area contributed by atoms with Crippen molar-refractivity contribution in [3.05, 3.63) is 0 Å². The van der Waals surface area contributed by atoms with Gasteiger partial charge in [-0.2, -0.15) is 0 Å². The molecule has 3 heterocycles. The van der Waals surface area contributed by atoms with Crippen molar-refractivity contribution >= 4 is 36.0 Å². The number of carbonyl (C=O) groups is 2. The number of rotatable bonds is 2. The molecule has 3 fully saturated rings. The normalized spacial score (nSPS) is 26.9. The smallest absolute Gasteiger partial charge is 0.240 e. The number of nitrogens with one attached hydrogen (secondary N) is 1. The van der Waals surface area contributed by atoms with E-state index in [1.165, 1.54) is 0 Å². The fourth-order valence-electron chi connectivity index (χ4n) is 3.61. The molecule has 0 spiro atoms. The quantitative estimate of drug-likeness (QED) is 0.811. The molecule has 23 heavy (non-hydrogen) atoms. The zero-order valence-electron chi connectivity index (χ0n) is 13.8. The van der Waals surface area contributed by atoms with Gasteiger partial charge in [-0.25, -0.2) is 0 Å². The molecule has 1 unspecified atom stereocenters. The lowest BCUT2D eigenvalue weighted by Gasteiger charge is -2.37. The molecule has 1 atom stereocenters. The third kappa shape index (κ3) is 4.54. The second-order valence-electron chi connectivity index (χ2n) is 6.88. The van der Waals surface area contributed by atoms with Crippen LogP contribution < -0.4 is 5.32 Å². The van der Waals surface area contributed by atoms with Crippen LogP contribution in [0.15, 0.2) is 0 Å². The average molecular weight is 362 g/mol. The molecule has 0 aromatic heterocycles. The largest absolute Gasteiger partial charge is 0.342 e. The highest BCUT2D eigenvalue weighted by molar-refractivity contribution is 7.99. The Kier molecular flexibility index (Phi) is 7.04. The maximum Gasteiger partial charge on any atom is 0.240 e. The first kappa shape index (κ1) is 18.9. The molecule has 0 aliphatic carbocycles. The minimum absolute atomic E-state index is 0. The highest BCUT2D eigenvalue weighted by Gasteiger charge is 2.34. The van der Waals surface area contributed by atoms with E-state index in [0.29, 0.717) is 5.91 Å². The molecular formula is C16H28ClN3O2S. The second kappa shape index (κ2) is 8.58. The summed E-state index contributed by atoms with van der Waals surface area (Å²) in [6, 6.07) is -0.0131. The summed E-state index contributed by atoms with van der Waals surface area (Å²) >= 11 is 1.78. The zero-order valence-corrected chi connectivity index (χ0v) is 15.5. The van der Waals surface area contributed by atoms with Crippen molar-refractivity contribution in [2.45, 2.75) is 38.6 Å². The molecule has 3 rings (SSSR count). The van der Waals surface area contributed by atoms with Gasteiger partial charge < -0.3 is 9.80 Å². The lowest BCUT2D eigenvalue weighted by molar-refractivity contribution is -0.142. The molecule has 0 bridgehead atoms. The SMILES string of the molecule is CC1CCN(C(=O)C2CCN(C(=O)C3CSCN3)CC2)CC1.Cl. The van der Waals surface area contributed by atoms with Crippen LogP contribution in [0.2, 0.25) is 0 Å². The lowest BCUT2D eigenvalue weighted by Crippen LogP contribution is -2.50. The summed E-state index contributed by atoms with van der Waals surface area (Å²) < 4.78 is 0. The summed E-state index contributed by atoms with van der Waals surface area (Å²) in [7, 11) is 0. The van der Waals surface area contributed by atoms with E-state index in [2.05, 4.69) is 17.1 Å². The van der Waals surface area contributed by atoms with Crippen LogP contribution in [0.4, 0.5) is 0 Å². The molecule has 1 N–H and O–H groups in total. The Hall–Kier alpha value is -0.460. The number of likely N-dealkylation sites (tertiary alicyclic amines) is 2. The van der Waals surface area contributed by atoms with Crippen LogP contribution in [-0.4, -0.2) is 65.5 Å². The summed E-state index contributed by atoms with van der Waals surface area (Å²) in [6.07, 6.45) is 3.93. The fraction of sp³-hybridized carbons (Fsp3) is 0.875. The number of carbonyl (C=O) groups excluding carboxylic acids is 2. The predicted octanol–water partition coefficient (Wildman–Crippen LogP) is 1.57. The van der Waals surface area contributed by atoms with E-state index in [1.807, 2.05) is 4.90 Å². The highest BCUT2D eigenvalue weighted by atomic mass is 35.5. The summed E-state index contributed by atoms with van der Waals surface area (Å²) in [4.78, 5) is 29.0. The van der Waals surface area contributed by atoms with Gasteiger partial charge in [-0.1, -0.05) is 6.92 Å². The first-order valence-electron chi connectivity index (χ1n) is 8.54. The number of hydrogen-bond donors (Lipinski definition) is 1. The van der Waals surface area contributed by atoms with Crippen LogP contribution in [0.3, 0.4) is 0 Å². The Morgan fingerprint density at radius 2 is 1.52 bits per heavy atom. The first-order valence-corrected chi connectivity index (χ1v) is 9.69. The van der Waals surface area contributed by atoms with Crippen molar-refractivity contribution in [2.24, 2.45) is 11.8 Å². The van der Waals surface area contributed by atoms with E-state index in [-0.39, 0.29) is 30.3 Å². The van der Waals surface area contributed by atoms with Crippen LogP contribution in [-0.2, 0) is 9.59 Å². The highest BCUT2D eigenvalue weighted by Crippen LogP contribution is 2.24. The molecule has 0 aromatic rings. The number of piperidine rings is 2. The molecule has 2 amide bonds. The van der Waals surface area contributed by atoms with Gasteiger partial charge in [0.25, 0.3) is 0 Å². The Morgan fingerprint density at radius 1 is 0.957 bits per heavy atom. The van der Waals surface area contributed by atoms with Crippen molar-refractivity contribution in [1.82, 2.24) is 15.1 Å². The van der Waals surface area contributed by atoms with Gasteiger partial charge in [-0.15, -0.1) is 24.2 Å². The number of hydrogen-bond acceptors (Lipinski definition) is 4. The Balaban J connectivity index is 0.00000192. The van der Waals surface area contributed by atoms with Gasteiger partial charge in [-0.05, 0) is 31.6 Å². The van der Waals surface area contributed by atoms with Crippen molar-refractivity contribution in [2.75, 3.05) is 37.8 Å². The number of halogens is 1. The van der Waals surface area contributed by atoms with E-state index in [1.54, 1.807) is 11.8 Å². The molecule has 132 valence electrons. The Labute approximate surface area is 149 Å². The predicted molar refractivity (Wildman–Crippen MR) is 95.8 cm³/mol. The van der Waals surface area contributed by atoms with Crippen molar-refractivity contribution < 1.29 is 9.59 Å². The lowest BCUT2D eigenvalue weighted by atomic mass is 9.92. The third-order valence-electron chi connectivity index (χ3n) is 5.27. The fourth-order valence-corrected chi connectivity index (χ4v) is 4.54. The first-order chi connectivity index (χ1) is 10.6. The second-order valence-corrected chi connectivity index (χ2v) is 7.91. The van der Waals surface area contributed by atoms with E-state index in [4.69, 9.17) is 0 Å². The van der Waals surface area contributed by atoms with E-state index >= 15 is 0 Å². The minimum atomic E-state index is -0.0131. The van der Waals surface area contributed by atoms with Crippen LogP contribution in [0.25, 0.3) is 0 Å².